The highest BCUT2D eigenvalue weighted by Gasteiger charge is 2.40. The fraction of sp³-hybridized carbons (Fsp3) is 0.484. The van der Waals surface area contributed by atoms with Gasteiger partial charge in [0.25, 0.3) is 11.8 Å². The van der Waals surface area contributed by atoms with Crippen LogP contribution in [0.15, 0.2) is 53.4 Å². The van der Waals surface area contributed by atoms with Gasteiger partial charge in [-0.1, -0.05) is 61.7 Å². The molecule has 0 bridgehead atoms. The molecule has 36 heavy (non-hydrogen) atoms. The minimum absolute atomic E-state index is 0.00579. The van der Waals surface area contributed by atoms with E-state index in [9.17, 15) is 9.59 Å². The van der Waals surface area contributed by atoms with Gasteiger partial charge in [-0.2, -0.15) is 0 Å². The Balaban J connectivity index is 1.30. The first-order valence-electron chi connectivity index (χ1n) is 13.6. The molecule has 5 rings (SSSR count). The van der Waals surface area contributed by atoms with Crippen LogP contribution in [0, 0.1) is 12.8 Å². The second kappa shape index (κ2) is 11.2. The molecule has 1 aliphatic heterocycles. The summed E-state index contributed by atoms with van der Waals surface area (Å²) < 4.78 is 0. The summed E-state index contributed by atoms with van der Waals surface area (Å²) in [4.78, 5) is 29.4. The number of amides is 2. The molecule has 0 radical (unpaired) electrons. The van der Waals surface area contributed by atoms with Gasteiger partial charge in [0.15, 0.2) is 0 Å². The monoisotopic (exact) mass is 502 g/mol. The number of aryl methyl sites for hydroxylation is 1. The Kier molecular flexibility index (Phi) is 7.85. The fourth-order valence-corrected chi connectivity index (χ4v) is 7.40. The average Bonchev–Trinajstić information content (AvgIpc) is 2.88. The number of fused-ring (bicyclic) bond motifs is 1. The van der Waals surface area contributed by atoms with Gasteiger partial charge in [-0.05, 0) is 80.7 Å². The molecule has 2 aliphatic carbocycles. The quantitative estimate of drug-likeness (QED) is 0.461. The van der Waals surface area contributed by atoms with Crippen LogP contribution >= 0.6 is 11.8 Å². The third-order valence-corrected chi connectivity index (χ3v) is 9.47. The standard InChI is InChI=1S/C31H38N2O2S/c1-21-10-16-26(17-11-21)32-30(34)25-14-12-23(13-15-25)19-29-31(35)33(20-24-7-5-6-22(2)18-24)27-8-3-4-9-28(27)36-29/h5-7,12-15,18-19,21,26-28H,3-4,8-11,16-17,20H2,1-2H3,(H,32,34)/b29-19+. The van der Waals surface area contributed by atoms with Crippen molar-refractivity contribution in [1.82, 2.24) is 10.2 Å². The van der Waals surface area contributed by atoms with Crippen molar-refractivity contribution in [3.8, 4) is 0 Å². The second-order valence-corrected chi connectivity index (χ2v) is 12.3. The highest BCUT2D eigenvalue weighted by Crippen LogP contribution is 2.42. The maximum Gasteiger partial charge on any atom is 0.260 e. The molecule has 2 amide bonds. The summed E-state index contributed by atoms with van der Waals surface area (Å²) in [6.45, 7) is 5.06. The molecule has 0 spiro atoms. The number of carbonyl (C=O) groups is 2. The molecule has 2 aromatic carbocycles. The molecule has 2 atom stereocenters. The number of thioether (sulfide) groups is 1. The van der Waals surface area contributed by atoms with Crippen LogP contribution < -0.4 is 5.32 Å². The van der Waals surface area contributed by atoms with E-state index in [1.807, 2.05) is 30.3 Å². The zero-order valence-electron chi connectivity index (χ0n) is 21.5. The van der Waals surface area contributed by atoms with Crippen LogP contribution in [0.2, 0.25) is 0 Å². The van der Waals surface area contributed by atoms with Crippen molar-refractivity contribution >= 4 is 29.7 Å². The van der Waals surface area contributed by atoms with Crippen LogP contribution in [0.4, 0.5) is 0 Å². The number of carbonyl (C=O) groups excluding carboxylic acids is 2. The molecule has 1 heterocycles. The number of nitrogens with zero attached hydrogens (tertiary/aromatic N) is 1. The molecule has 2 aromatic rings. The van der Waals surface area contributed by atoms with Gasteiger partial charge in [0, 0.05) is 29.4 Å². The zero-order valence-corrected chi connectivity index (χ0v) is 22.4. The second-order valence-electron chi connectivity index (χ2n) is 11.0. The Morgan fingerprint density at radius 1 is 1.03 bits per heavy atom. The summed E-state index contributed by atoms with van der Waals surface area (Å²) in [6.07, 6.45) is 11.2. The van der Waals surface area contributed by atoms with E-state index in [-0.39, 0.29) is 17.9 Å². The number of rotatable bonds is 5. The van der Waals surface area contributed by atoms with Crippen LogP contribution in [-0.2, 0) is 11.3 Å². The maximum atomic E-state index is 13.7. The zero-order chi connectivity index (χ0) is 25.1. The fourth-order valence-electron chi connectivity index (χ4n) is 5.92. The lowest BCUT2D eigenvalue weighted by atomic mass is 9.87. The highest BCUT2D eigenvalue weighted by molar-refractivity contribution is 8.04. The van der Waals surface area contributed by atoms with Crippen LogP contribution in [0.1, 0.15) is 85.3 Å². The van der Waals surface area contributed by atoms with Crippen molar-refractivity contribution in [3.05, 3.63) is 75.7 Å². The van der Waals surface area contributed by atoms with E-state index in [0.717, 1.165) is 42.1 Å². The van der Waals surface area contributed by atoms with Gasteiger partial charge in [-0.15, -0.1) is 11.8 Å². The predicted molar refractivity (Wildman–Crippen MR) is 149 cm³/mol. The van der Waals surface area contributed by atoms with Crippen molar-refractivity contribution < 1.29 is 9.59 Å². The van der Waals surface area contributed by atoms with E-state index in [2.05, 4.69) is 48.3 Å². The van der Waals surface area contributed by atoms with E-state index in [0.29, 0.717) is 23.4 Å². The Bertz CT molecular complexity index is 1120. The Morgan fingerprint density at radius 2 is 1.78 bits per heavy atom. The Labute approximate surface area is 219 Å². The number of hydrogen-bond acceptors (Lipinski definition) is 3. The van der Waals surface area contributed by atoms with Crippen molar-refractivity contribution in [2.75, 3.05) is 0 Å². The molecule has 4 nitrogen and oxygen atoms in total. The summed E-state index contributed by atoms with van der Waals surface area (Å²) >= 11 is 1.76. The molecule has 5 heteroatoms. The molecule has 0 aromatic heterocycles. The molecule has 3 fully saturated rings. The topological polar surface area (TPSA) is 49.4 Å². The largest absolute Gasteiger partial charge is 0.349 e. The molecule has 1 saturated heterocycles. The lowest BCUT2D eigenvalue weighted by Crippen LogP contribution is -2.50. The van der Waals surface area contributed by atoms with Crippen molar-refractivity contribution in [2.24, 2.45) is 5.92 Å². The van der Waals surface area contributed by atoms with E-state index in [1.165, 1.54) is 36.8 Å². The van der Waals surface area contributed by atoms with Gasteiger partial charge in [0.1, 0.15) is 0 Å². The summed E-state index contributed by atoms with van der Waals surface area (Å²) in [5.41, 5.74) is 4.08. The SMILES string of the molecule is Cc1cccc(CN2C(=O)/C(=C\c3ccc(C(=O)NC4CCC(C)CC4)cc3)SC3CCCCC32)c1. The van der Waals surface area contributed by atoms with Crippen molar-refractivity contribution in [2.45, 2.75) is 89.1 Å². The van der Waals surface area contributed by atoms with E-state index >= 15 is 0 Å². The number of nitrogens with one attached hydrogen (secondary N) is 1. The Morgan fingerprint density at radius 3 is 2.53 bits per heavy atom. The van der Waals surface area contributed by atoms with Crippen LogP contribution in [0.25, 0.3) is 6.08 Å². The highest BCUT2D eigenvalue weighted by atomic mass is 32.2. The lowest BCUT2D eigenvalue weighted by Gasteiger charge is -2.44. The average molecular weight is 503 g/mol. The van der Waals surface area contributed by atoms with Crippen LogP contribution in [0.5, 0.6) is 0 Å². The normalized spacial score (nSPS) is 27.6. The number of benzene rings is 2. The Hall–Kier alpha value is -2.53. The first kappa shape index (κ1) is 25.1. The first-order valence-corrected chi connectivity index (χ1v) is 14.5. The van der Waals surface area contributed by atoms with E-state index < -0.39 is 0 Å². The first-order chi connectivity index (χ1) is 17.5. The smallest absolute Gasteiger partial charge is 0.260 e. The summed E-state index contributed by atoms with van der Waals surface area (Å²) in [7, 11) is 0. The van der Waals surface area contributed by atoms with Crippen molar-refractivity contribution in [1.29, 1.82) is 0 Å². The van der Waals surface area contributed by atoms with E-state index in [4.69, 9.17) is 0 Å². The third-order valence-electron chi connectivity index (χ3n) is 8.08. The third kappa shape index (κ3) is 5.88. The van der Waals surface area contributed by atoms with E-state index in [1.54, 1.807) is 11.8 Å². The number of hydrogen-bond donors (Lipinski definition) is 1. The lowest BCUT2D eigenvalue weighted by molar-refractivity contribution is -0.130. The minimum atomic E-state index is 0.00579. The minimum Gasteiger partial charge on any atom is -0.349 e. The van der Waals surface area contributed by atoms with Gasteiger partial charge in [-0.3, -0.25) is 9.59 Å². The molecule has 190 valence electrons. The van der Waals surface area contributed by atoms with Gasteiger partial charge in [0.05, 0.1) is 4.91 Å². The van der Waals surface area contributed by atoms with Gasteiger partial charge in [-0.25, -0.2) is 0 Å². The maximum absolute atomic E-state index is 13.7. The molecule has 3 aliphatic rings. The summed E-state index contributed by atoms with van der Waals surface area (Å²) in [5.74, 6) is 0.909. The predicted octanol–water partition coefficient (Wildman–Crippen LogP) is 6.73. The van der Waals surface area contributed by atoms with Gasteiger partial charge >= 0.3 is 0 Å². The van der Waals surface area contributed by atoms with Crippen LogP contribution in [0.3, 0.4) is 0 Å². The molecular formula is C31H38N2O2S. The molecule has 2 unspecified atom stereocenters. The molecule has 1 N–H and O–H groups in total. The summed E-state index contributed by atoms with van der Waals surface area (Å²) in [6, 6.07) is 16.8. The van der Waals surface area contributed by atoms with Gasteiger partial charge in [0.2, 0.25) is 0 Å². The van der Waals surface area contributed by atoms with Crippen LogP contribution in [-0.4, -0.2) is 34.0 Å². The van der Waals surface area contributed by atoms with Gasteiger partial charge < -0.3 is 10.2 Å². The molecular weight excluding hydrogens is 464 g/mol. The summed E-state index contributed by atoms with van der Waals surface area (Å²) in [5, 5.41) is 3.66. The molecule has 2 saturated carbocycles. The van der Waals surface area contributed by atoms with Crippen molar-refractivity contribution in [3.63, 3.8) is 0 Å².